The van der Waals surface area contributed by atoms with Crippen molar-refractivity contribution >= 4 is 45.1 Å². The molecule has 1 N–H and O–H groups in total. The molecule has 152 valence electrons. The summed E-state index contributed by atoms with van der Waals surface area (Å²) >= 11 is 1.48. The van der Waals surface area contributed by atoms with Gasteiger partial charge in [0.15, 0.2) is 0 Å². The maximum absolute atomic E-state index is 12.7. The number of pyridine rings is 1. The van der Waals surface area contributed by atoms with Gasteiger partial charge in [0.2, 0.25) is 5.91 Å². The maximum Gasteiger partial charge on any atom is 0.262 e. The van der Waals surface area contributed by atoms with Gasteiger partial charge in [0.1, 0.15) is 21.9 Å². The van der Waals surface area contributed by atoms with Gasteiger partial charge in [-0.05, 0) is 42.8 Å². The van der Waals surface area contributed by atoms with Crippen LogP contribution in [0.3, 0.4) is 0 Å². The SMILES string of the molecule is Cc1c(NC(=O)CN2C(=O)c3ccccc3C2=O)cccc1-c1nc2cccnc2s1. The molecule has 0 aliphatic carbocycles. The maximum atomic E-state index is 12.7. The number of imide groups is 1. The van der Waals surface area contributed by atoms with E-state index in [1.807, 2.05) is 31.2 Å². The number of anilines is 1. The van der Waals surface area contributed by atoms with Gasteiger partial charge in [0, 0.05) is 17.4 Å². The largest absolute Gasteiger partial charge is 0.324 e. The topological polar surface area (TPSA) is 92.3 Å². The minimum atomic E-state index is -0.455. The van der Waals surface area contributed by atoms with E-state index in [9.17, 15) is 14.4 Å². The van der Waals surface area contributed by atoms with Crippen LogP contribution in [0.25, 0.3) is 20.9 Å². The zero-order valence-electron chi connectivity index (χ0n) is 16.5. The van der Waals surface area contributed by atoms with E-state index in [-0.39, 0.29) is 6.54 Å². The Hall–Kier alpha value is -3.91. The average molecular weight is 428 g/mol. The van der Waals surface area contributed by atoms with Crippen molar-refractivity contribution in [2.75, 3.05) is 11.9 Å². The van der Waals surface area contributed by atoms with E-state index in [1.165, 1.54) is 11.3 Å². The number of hydrogen-bond acceptors (Lipinski definition) is 6. The number of nitrogens with one attached hydrogen (secondary N) is 1. The van der Waals surface area contributed by atoms with Crippen molar-refractivity contribution in [3.05, 3.63) is 77.5 Å². The van der Waals surface area contributed by atoms with E-state index >= 15 is 0 Å². The van der Waals surface area contributed by atoms with Gasteiger partial charge < -0.3 is 5.32 Å². The lowest BCUT2D eigenvalue weighted by molar-refractivity contribution is -0.116. The smallest absolute Gasteiger partial charge is 0.262 e. The number of fused-ring (bicyclic) bond motifs is 2. The molecule has 4 aromatic rings. The normalized spacial score (nSPS) is 13.0. The molecule has 0 fully saturated rings. The molecule has 2 aromatic heterocycles. The highest BCUT2D eigenvalue weighted by molar-refractivity contribution is 7.21. The number of hydrogen-bond donors (Lipinski definition) is 1. The van der Waals surface area contributed by atoms with Crippen molar-refractivity contribution < 1.29 is 14.4 Å². The summed E-state index contributed by atoms with van der Waals surface area (Å²) in [5.74, 6) is -1.35. The molecular weight excluding hydrogens is 412 g/mol. The zero-order chi connectivity index (χ0) is 21.5. The standard InChI is InChI=1S/C23H16N4O3S/c1-13-14(20-26-18-10-5-11-24-21(18)31-20)8-4-9-17(13)25-19(28)12-27-22(29)15-6-2-3-7-16(15)23(27)30/h2-11H,12H2,1H3,(H,25,28). The van der Waals surface area contributed by atoms with Crippen LogP contribution >= 0.6 is 11.3 Å². The molecule has 1 aliphatic rings. The third-order valence-electron chi connectivity index (χ3n) is 5.18. The predicted octanol–water partition coefficient (Wildman–Crippen LogP) is 3.90. The van der Waals surface area contributed by atoms with Crippen molar-refractivity contribution in [1.82, 2.24) is 14.9 Å². The van der Waals surface area contributed by atoms with Crippen molar-refractivity contribution in [1.29, 1.82) is 0 Å². The van der Waals surface area contributed by atoms with Crippen LogP contribution in [0.15, 0.2) is 60.8 Å². The third kappa shape index (κ3) is 3.27. The van der Waals surface area contributed by atoms with Gasteiger partial charge in [-0.25, -0.2) is 9.97 Å². The number of thiazole rings is 1. The van der Waals surface area contributed by atoms with E-state index in [4.69, 9.17) is 0 Å². The zero-order valence-corrected chi connectivity index (χ0v) is 17.3. The number of benzene rings is 2. The molecule has 0 unspecified atom stereocenters. The highest BCUT2D eigenvalue weighted by Gasteiger charge is 2.36. The molecule has 0 spiro atoms. The molecule has 0 saturated heterocycles. The summed E-state index contributed by atoms with van der Waals surface area (Å²) in [6.45, 7) is 1.55. The number of amides is 3. The quantitative estimate of drug-likeness (QED) is 0.498. The fourth-order valence-corrected chi connectivity index (χ4v) is 4.59. The molecule has 1 aliphatic heterocycles. The molecule has 8 heteroatoms. The van der Waals surface area contributed by atoms with E-state index in [2.05, 4.69) is 15.3 Å². The molecule has 3 amide bonds. The molecule has 0 radical (unpaired) electrons. The van der Waals surface area contributed by atoms with E-state index in [0.29, 0.717) is 16.8 Å². The van der Waals surface area contributed by atoms with Gasteiger partial charge in [-0.3, -0.25) is 19.3 Å². The summed E-state index contributed by atoms with van der Waals surface area (Å²) in [6.07, 6.45) is 1.73. The van der Waals surface area contributed by atoms with Crippen LogP contribution in [0.4, 0.5) is 5.69 Å². The van der Waals surface area contributed by atoms with Crippen molar-refractivity contribution in [2.24, 2.45) is 0 Å². The molecule has 31 heavy (non-hydrogen) atoms. The molecule has 3 heterocycles. The highest BCUT2D eigenvalue weighted by Crippen LogP contribution is 2.33. The Labute approximate surface area is 181 Å². The molecule has 0 saturated carbocycles. The van der Waals surface area contributed by atoms with Gasteiger partial charge in [0.25, 0.3) is 11.8 Å². The van der Waals surface area contributed by atoms with Crippen LogP contribution in [-0.4, -0.2) is 39.1 Å². The number of rotatable bonds is 4. The summed E-state index contributed by atoms with van der Waals surface area (Å²) in [6, 6.07) is 15.9. The lowest BCUT2D eigenvalue weighted by Crippen LogP contribution is -2.37. The van der Waals surface area contributed by atoms with Crippen molar-refractivity contribution in [3.8, 4) is 10.6 Å². The Morgan fingerprint density at radius 2 is 1.68 bits per heavy atom. The van der Waals surface area contributed by atoms with Crippen molar-refractivity contribution in [2.45, 2.75) is 6.92 Å². The van der Waals surface area contributed by atoms with Crippen LogP contribution in [0.2, 0.25) is 0 Å². The van der Waals surface area contributed by atoms with Crippen LogP contribution in [-0.2, 0) is 4.79 Å². The first-order valence-corrected chi connectivity index (χ1v) is 10.4. The van der Waals surface area contributed by atoms with E-state index in [0.717, 1.165) is 31.4 Å². The van der Waals surface area contributed by atoms with Gasteiger partial charge in [0.05, 0.1) is 11.1 Å². The molecule has 0 atom stereocenters. The minimum absolute atomic E-state index is 0.322. The van der Waals surface area contributed by atoms with Crippen LogP contribution in [0.1, 0.15) is 26.3 Å². The highest BCUT2D eigenvalue weighted by atomic mass is 32.1. The first-order chi connectivity index (χ1) is 15.0. The number of carbonyl (C=O) groups is 3. The number of nitrogens with zero attached hydrogens (tertiary/aromatic N) is 3. The van der Waals surface area contributed by atoms with Gasteiger partial charge in [-0.15, -0.1) is 0 Å². The van der Waals surface area contributed by atoms with Crippen LogP contribution < -0.4 is 5.32 Å². The Balaban J connectivity index is 1.37. The third-order valence-corrected chi connectivity index (χ3v) is 6.20. The fourth-order valence-electron chi connectivity index (χ4n) is 3.60. The lowest BCUT2D eigenvalue weighted by atomic mass is 10.1. The Morgan fingerprint density at radius 1 is 0.968 bits per heavy atom. The van der Waals surface area contributed by atoms with Gasteiger partial charge >= 0.3 is 0 Å². The fraction of sp³-hybridized carbons (Fsp3) is 0.0870. The minimum Gasteiger partial charge on any atom is -0.324 e. The molecule has 7 nitrogen and oxygen atoms in total. The summed E-state index contributed by atoms with van der Waals surface area (Å²) in [7, 11) is 0. The van der Waals surface area contributed by atoms with Crippen LogP contribution in [0, 0.1) is 6.92 Å². The monoisotopic (exact) mass is 428 g/mol. The van der Waals surface area contributed by atoms with E-state index in [1.54, 1.807) is 36.5 Å². The Morgan fingerprint density at radius 3 is 2.39 bits per heavy atom. The van der Waals surface area contributed by atoms with Crippen LogP contribution in [0.5, 0.6) is 0 Å². The summed E-state index contributed by atoms with van der Waals surface area (Å²) in [5.41, 5.74) is 3.80. The van der Waals surface area contributed by atoms with Crippen molar-refractivity contribution in [3.63, 3.8) is 0 Å². The molecular formula is C23H16N4O3S. The first kappa shape index (κ1) is 19.1. The molecule has 2 aromatic carbocycles. The number of aromatic nitrogens is 2. The summed E-state index contributed by atoms with van der Waals surface area (Å²) < 4.78 is 0. The molecule has 5 rings (SSSR count). The summed E-state index contributed by atoms with van der Waals surface area (Å²) in [5, 5.41) is 3.63. The second-order valence-electron chi connectivity index (χ2n) is 7.12. The second kappa shape index (κ2) is 7.41. The average Bonchev–Trinajstić information content (AvgIpc) is 3.31. The second-order valence-corrected chi connectivity index (χ2v) is 8.09. The van der Waals surface area contributed by atoms with E-state index < -0.39 is 17.7 Å². The molecule has 0 bridgehead atoms. The number of carbonyl (C=O) groups excluding carboxylic acids is 3. The van der Waals surface area contributed by atoms with Gasteiger partial charge in [-0.2, -0.15) is 0 Å². The summed E-state index contributed by atoms with van der Waals surface area (Å²) in [4.78, 5) is 48.5. The predicted molar refractivity (Wildman–Crippen MR) is 118 cm³/mol. The first-order valence-electron chi connectivity index (χ1n) is 9.59. The Kier molecular flexibility index (Phi) is 4.56. The lowest BCUT2D eigenvalue weighted by Gasteiger charge is -2.15. The van der Waals surface area contributed by atoms with Gasteiger partial charge in [-0.1, -0.05) is 35.6 Å². The Bertz CT molecular complexity index is 1310.